The van der Waals surface area contributed by atoms with E-state index in [0.717, 1.165) is 34.1 Å². The van der Waals surface area contributed by atoms with Gasteiger partial charge in [-0.1, -0.05) is 263 Å². The van der Waals surface area contributed by atoms with Crippen LogP contribution in [0.5, 0.6) is 0 Å². The lowest BCUT2D eigenvalue weighted by molar-refractivity contribution is 0.590. The van der Waals surface area contributed by atoms with Crippen LogP contribution in [-0.2, 0) is 5.41 Å². The number of aromatic nitrogens is 2. The highest BCUT2D eigenvalue weighted by Crippen LogP contribution is 2.50. The van der Waals surface area contributed by atoms with Crippen molar-refractivity contribution in [3.05, 3.63) is 333 Å². The monoisotopic (exact) mass is 1210 g/mol. The lowest BCUT2D eigenvalue weighted by Gasteiger charge is -2.45. The molecule has 2 aliphatic rings. The molecular weight excluding hydrogens is 1150 g/mol. The van der Waals surface area contributed by atoms with Crippen molar-refractivity contribution in [2.75, 3.05) is 9.80 Å². The molecule has 4 nitrogen and oxygen atoms in total. The number of fused-ring (bicyclic) bond motifs is 14. The van der Waals surface area contributed by atoms with Gasteiger partial charge in [-0.25, -0.2) is 0 Å². The second kappa shape index (κ2) is 21.3. The first-order valence-corrected chi connectivity index (χ1v) is 33.2. The molecule has 0 aliphatic carbocycles. The van der Waals surface area contributed by atoms with Crippen molar-refractivity contribution in [3.8, 4) is 55.9 Å². The molecule has 0 spiro atoms. The van der Waals surface area contributed by atoms with Gasteiger partial charge in [0.2, 0.25) is 0 Å². The fraction of sp³-hybridized carbons (Fsp3) is 0.0444. The molecule has 446 valence electrons. The van der Waals surface area contributed by atoms with Crippen molar-refractivity contribution in [2.24, 2.45) is 0 Å². The molecule has 0 fully saturated rings. The summed E-state index contributed by atoms with van der Waals surface area (Å²) in [5.41, 5.74) is 28.1. The zero-order chi connectivity index (χ0) is 63.0. The number of hydrogen-bond acceptors (Lipinski definition) is 2. The second-order valence-corrected chi connectivity index (χ2v) is 26.8. The van der Waals surface area contributed by atoms with E-state index in [4.69, 9.17) is 0 Å². The topological polar surface area (TPSA) is 16.3 Å². The molecule has 0 saturated heterocycles. The SMILES string of the molecule is CC(C)(C)c1cc2c3c(c1)N(c1ccc(-c4ccccc4)cc1)c1cc(-n4c5ccccc5c5c6ccccc6c(-c6ccccc6)cc54)ccc1B3c1ccc(-n3c4ccccc4c4c5ccccc5c(-c5ccccc5)cc43)cc1N2c1ccc(-c2ccccc2)cc1. The predicted molar refractivity (Wildman–Crippen MR) is 405 cm³/mol. The molecule has 0 atom stereocenters. The van der Waals surface area contributed by atoms with E-state index in [9.17, 15) is 0 Å². The molecule has 2 aromatic heterocycles. The summed E-state index contributed by atoms with van der Waals surface area (Å²) in [6, 6.07) is 123. The zero-order valence-electron chi connectivity index (χ0n) is 53.0. The van der Waals surface area contributed by atoms with E-state index in [1.165, 1.54) is 143 Å². The Morgan fingerprint density at radius 3 is 0.968 bits per heavy atom. The number of hydrogen-bond donors (Lipinski definition) is 0. The van der Waals surface area contributed by atoms with Crippen molar-refractivity contribution in [1.82, 2.24) is 9.13 Å². The van der Waals surface area contributed by atoms with Crippen molar-refractivity contribution in [2.45, 2.75) is 26.2 Å². The molecule has 0 amide bonds. The minimum Gasteiger partial charge on any atom is -0.311 e. The van der Waals surface area contributed by atoms with Crippen LogP contribution in [0.25, 0.3) is 121 Å². The molecule has 17 aromatic rings. The first kappa shape index (κ1) is 54.8. The summed E-state index contributed by atoms with van der Waals surface area (Å²) < 4.78 is 5.07. The van der Waals surface area contributed by atoms with Gasteiger partial charge in [-0.2, -0.15) is 0 Å². The largest absolute Gasteiger partial charge is 0.311 e. The molecule has 15 aromatic carbocycles. The molecule has 2 aliphatic heterocycles. The number of para-hydroxylation sites is 2. The molecule has 19 rings (SSSR count). The summed E-state index contributed by atoms with van der Waals surface area (Å²) in [6.07, 6.45) is 0. The Balaban J connectivity index is 0.902. The van der Waals surface area contributed by atoms with E-state index in [1.807, 2.05) is 0 Å². The molecule has 0 unspecified atom stereocenters. The lowest BCUT2D eigenvalue weighted by atomic mass is 9.33. The Hall–Kier alpha value is -11.9. The first-order chi connectivity index (χ1) is 46.8. The van der Waals surface area contributed by atoms with E-state index < -0.39 is 0 Å². The van der Waals surface area contributed by atoms with Gasteiger partial charge in [-0.05, 0) is 178 Å². The second-order valence-electron chi connectivity index (χ2n) is 26.8. The van der Waals surface area contributed by atoms with Crippen LogP contribution in [0.2, 0.25) is 0 Å². The smallest absolute Gasteiger partial charge is 0.252 e. The van der Waals surface area contributed by atoms with E-state index >= 15 is 0 Å². The van der Waals surface area contributed by atoms with Gasteiger partial charge in [-0.3, -0.25) is 0 Å². The number of rotatable bonds is 8. The maximum absolute atomic E-state index is 2.60. The van der Waals surface area contributed by atoms with Crippen LogP contribution in [0.15, 0.2) is 328 Å². The van der Waals surface area contributed by atoms with Gasteiger partial charge >= 0.3 is 0 Å². The van der Waals surface area contributed by atoms with Gasteiger partial charge in [0.1, 0.15) is 0 Å². The number of benzene rings is 15. The molecule has 0 saturated carbocycles. The highest BCUT2D eigenvalue weighted by molar-refractivity contribution is 7.00. The van der Waals surface area contributed by atoms with Crippen molar-refractivity contribution in [3.63, 3.8) is 0 Å². The number of nitrogens with zero attached hydrogens (tertiary/aromatic N) is 4. The Kier molecular flexibility index (Phi) is 12.3. The van der Waals surface area contributed by atoms with Crippen molar-refractivity contribution < 1.29 is 0 Å². The van der Waals surface area contributed by atoms with Crippen LogP contribution in [0.1, 0.15) is 26.3 Å². The summed E-state index contributed by atoms with van der Waals surface area (Å²) in [7, 11) is 0. The Morgan fingerprint density at radius 2 is 0.579 bits per heavy atom. The molecule has 0 bridgehead atoms. The highest BCUT2D eigenvalue weighted by Gasteiger charge is 2.45. The zero-order valence-corrected chi connectivity index (χ0v) is 53.0. The van der Waals surface area contributed by atoms with Crippen molar-refractivity contribution >= 4 is 122 Å². The van der Waals surface area contributed by atoms with Crippen LogP contribution in [0, 0.1) is 0 Å². The minimum absolute atomic E-state index is 0.152. The molecule has 0 radical (unpaired) electrons. The van der Waals surface area contributed by atoms with Crippen LogP contribution in [0.3, 0.4) is 0 Å². The van der Waals surface area contributed by atoms with Gasteiger partial charge in [-0.15, -0.1) is 0 Å². The van der Waals surface area contributed by atoms with Crippen LogP contribution in [-0.4, -0.2) is 15.8 Å². The summed E-state index contributed by atoms with van der Waals surface area (Å²) in [5, 5.41) is 9.97. The molecule has 95 heavy (non-hydrogen) atoms. The first-order valence-electron chi connectivity index (χ1n) is 33.2. The predicted octanol–water partition coefficient (Wildman–Crippen LogP) is 22.2. The summed E-state index contributed by atoms with van der Waals surface area (Å²) in [6.45, 7) is 6.95. The summed E-state index contributed by atoms with van der Waals surface area (Å²) in [4.78, 5) is 5.19. The number of anilines is 6. The summed E-state index contributed by atoms with van der Waals surface area (Å²) in [5.74, 6) is 0. The molecular formula is C90H63BN4. The Morgan fingerprint density at radius 1 is 0.253 bits per heavy atom. The normalized spacial score (nSPS) is 12.7. The third-order valence-corrected chi connectivity index (χ3v) is 20.4. The fourth-order valence-electron chi connectivity index (χ4n) is 16.0. The maximum atomic E-state index is 2.60. The van der Waals surface area contributed by atoms with Gasteiger partial charge < -0.3 is 18.9 Å². The van der Waals surface area contributed by atoms with Crippen LogP contribution in [0.4, 0.5) is 34.1 Å². The van der Waals surface area contributed by atoms with Gasteiger partial charge in [0.05, 0.1) is 22.1 Å². The Labute approximate surface area is 553 Å². The fourth-order valence-corrected chi connectivity index (χ4v) is 16.0. The highest BCUT2D eigenvalue weighted by atomic mass is 15.2. The van der Waals surface area contributed by atoms with E-state index in [2.05, 4.69) is 367 Å². The van der Waals surface area contributed by atoms with E-state index in [0.29, 0.717) is 0 Å². The average Bonchev–Trinajstić information content (AvgIpc) is 0.890. The minimum atomic E-state index is -0.235. The lowest BCUT2D eigenvalue weighted by Crippen LogP contribution is -2.61. The third-order valence-electron chi connectivity index (χ3n) is 20.4. The summed E-state index contributed by atoms with van der Waals surface area (Å²) >= 11 is 0. The molecule has 5 heteroatoms. The third kappa shape index (κ3) is 8.55. The van der Waals surface area contributed by atoms with E-state index in [-0.39, 0.29) is 12.1 Å². The average molecular weight is 1210 g/mol. The molecule has 4 heterocycles. The maximum Gasteiger partial charge on any atom is 0.252 e. The van der Waals surface area contributed by atoms with Gasteiger partial charge in [0.25, 0.3) is 6.71 Å². The van der Waals surface area contributed by atoms with Crippen LogP contribution < -0.4 is 26.2 Å². The molecule has 0 N–H and O–H groups in total. The van der Waals surface area contributed by atoms with Crippen molar-refractivity contribution in [1.29, 1.82) is 0 Å². The quantitative estimate of drug-likeness (QED) is 0.141. The Bertz CT molecular complexity index is 5570. The van der Waals surface area contributed by atoms with Gasteiger partial charge in [0.15, 0.2) is 0 Å². The van der Waals surface area contributed by atoms with Gasteiger partial charge in [0, 0.05) is 67.0 Å². The van der Waals surface area contributed by atoms with Crippen LogP contribution >= 0.6 is 0 Å². The standard InChI is InChI=1S/C90H63BN4/c1-90(2,3)64-52-85-89-86(53-64)93(66-46-42-61(43-47-66)59-26-10-5-11-27-59)82-55-68(95-80-39-23-21-37-74(80)88-72-35-19-17-33-70(72)76(57-84(88)95)63-30-14-7-15-31-63)49-51-78(82)91(89)77-50-48-67(54-81(77)92(85)65-44-40-60(41-45-65)58-24-8-4-9-25-58)94-79-38-22-20-36-73(79)87-71-34-18-16-32-69(71)75(56-83(87)94)62-28-12-6-13-29-62/h4-57H,1-3H3. The van der Waals surface area contributed by atoms with E-state index in [1.54, 1.807) is 0 Å².